The first kappa shape index (κ1) is 17.6. The van der Waals surface area contributed by atoms with Crippen molar-refractivity contribution < 1.29 is 23.8 Å². The molecule has 0 aliphatic carbocycles. The van der Waals surface area contributed by atoms with E-state index in [1.54, 1.807) is 14.0 Å². The Morgan fingerprint density at radius 1 is 1.25 bits per heavy atom. The lowest BCUT2D eigenvalue weighted by atomic mass is 10.2. The van der Waals surface area contributed by atoms with Crippen LogP contribution >= 0.6 is 0 Å². The summed E-state index contributed by atoms with van der Waals surface area (Å²) < 4.78 is 10.9. The van der Waals surface area contributed by atoms with E-state index in [0.717, 1.165) is 5.75 Å². The number of aromatic carboxylic acids is 1. The number of carboxylic acid groups (broad SMARTS) is 1. The lowest BCUT2D eigenvalue weighted by Crippen LogP contribution is -2.26. The van der Waals surface area contributed by atoms with Crippen LogP contribution in [0.2, 0.25) is 0 Å². The zero-order valence-corrected chi connectivity index (χ0v) is 13.8. The predicted octanol–water partition coefficient (Wildman–Crippen LogP) is 3.10. The van der Waals surface area contributed by atoms with E-state index in [2.05, 4.69) is 0 Å². The smallest absolute Gasteiger partial charge is 0.339 e. The SMILES string of the molecule is Cc1oc(CN(C)C(=O)CCCOc2ccccc2)cc1C(=O)O. The number of benzene rings is 1. The van der Waals surface area contributed by atoms with Gasteiger partial charge >= 0.3 is 5.97 Å². The maximum atomic E-state index is 12.1. The predicted molar refractivity (Wildman–Crippen MR) is 88.0 cm³/mol. The number of nitrogens with zero attached hydrogens (tertiary/aromatic N) is 1. The molecule has 1 N–H and O–H groups in total. The molecule has 128 valence electrons. The molecule has 0 unspecified atom stereocenters. The van der Waals surface area contributed by atoms with Gasteiger partial charge in [-0.2, -0.15) is 0 Å². The lowest BCUT2D eigenvalue weighted by Gasteiger charge is -2.15. The first-order chi connectivity index (χ1) is 11.5. The molecule has 2 rings (SSSR count). The van der Waals surface area contributed by atoms with Crippen molar-refractivity contribution in [2.24, 2.45) is 0 Å². The van der Waals surface area contributed by atoms with Crippen LogP contribution < -0.4 is 4.74 Å². The van der Waals surface area contributed by atoms with Crippen molar-refractivity contribution in [3.63, 3.8) is 0 Å². The number of carboxylic acids is 1. The maximum absolute atomic E-state index is 12.1. The van der Waals surface area contributed by atoms with E-state index < -0.39 is 5.97 Å². The van der Waals surface area contributed by atoms with Gasteiger partial charge in [0.2, 0.25) is 5.91 Å². The highest BCUT2D eigenvalue weighted by molar-refractivity contribution is 5.88. The summed E-state index contributed by atoms with van der Waals surface area (Å²) in [7, 11) is 1.67. The van der Waals surface area contributed by atoms with E-state index in [4.69, 9.17) is 14.3 Å². The number of furan rings is 1. The molecular formula is C18H21NO5. The van der Waals surface area contributed by atoms with Gasteiger partial charge in [0.1, 0.15) is 22.8 Å². The molecule has 0 saturated heterocycles. The van der Waals surface area contributed by atoms with Gasteiger partial charge in [-0.3, -0.25) is 4.79 Å². The standard InChI is InChI=1S/C18H21NO5/c1-13-16(18(21)22)11-15(24-13)12-19(2)17(20)9-6-10-23-14-7-4-3-5-8-14/h3-5,7-8,11H,6,9-10,12H2,1-2H3,(H,21,22). The molecule has 0 saturated carbocycles. The number of aryl methyl sites for hydroxylation is 1. The Balaban J connectivity index is 1.76. The van der Waals surface area contributed by atoms with Crippen molar-refractivity contribution in [3.8, 4) is 5.75 Å². The average Bonchev–Trinajstić information content (AvgIpc) is 2.93. The first-order valence-corrected chi connectivity index (χ1v) is 7.72. The Hall–Kier alpha value is -2.76. The second-order valence-electron chi connectivity index (χ2n) is 5.50. The number of hydrogen-bond donors (Lipinski definition) is 1. The van der Waals surface area contributed by atoms with Gasteiger partial charge < -0.3 is 19.2 Å². The molecule has 1 amide bonds. The van der Waals surface area contributed by atoms with Gasteiger partial charge in [-0.15, -0.1) is 0 Å². The van der Waals surface area contributed by atoms with Crippen LogP contribution in [0, 0.1) is 6.92 Å². The summed E-state index contributed by atoms with van der Waals surface area (Å²) in [6.45, 7) is 2.30. The Kier molecular flexibility index (Phi) is 6.01. The summed E-state index contributed by atoms with van der Waals surface area (Å²) in [5.41, 5.74) is 0.127. The highest BCUT2D eigenvalue weighted by Crippen LogP contribution is 2.16. The van der Waals surface area contributed by atoms with Crippen LogP contribution in [-0.4, -0.2) is 35.5 Å². The third kappa shape index (κ3) is 4.87. The number of hydrogen-bond acceptors (Lipinski definition) is 4. The Bertz CT molecular complexity index is 693. The zero-order chi connectivity index (χ0) is 17.5. The molecule has 0 aliphatic rings. The van der Waals surface area contributed by atoms with Crippen LogP contribution in [0.15, 0.2) is 40.8 Å². The number of ether oxygens (including phenoxy) is 1. The third-order valence-corrected chi connectivity index (χ3v) is 3.56. The van der Waals surface area contributed by atoms with Crippen LogP contribution in [0.4, 0.5) is 0 Å². The summed E-state index contributed by atoms with van der Waals surface area (Å²) in [5.74, 6) is 0.508. The molecule has 0 spiro atoms. The molecule has 24 heavy (non-hydrogen) atoms. The number of para-hydroxylation sites is 1. The number of carbonyl (C=O) groups is 2. The number of amides is 1. The highest BCUT2D eigenvalue weighted by atomic mass is 16.5. The zero-order valence-electron chi connectivity index (χ0n) is 13.8. The van der Waals surface area contributed by atoms with E-state index in [1.165, 1.54) is 11.0 Å². The molecule has 0 radical (unpaired) electrons. The molecule has 0 fully saturated rings. The highest BCUT2D eigenvalue weighted by Gasteiger charge is 2.16. The van der Waals surface area contributed by atoms with Crippen molar-refractivity contribution in [1.82, 2.24) is 4.90 Å². The van der Waals surface area contributed by atoms with Crippen molar-refractivity contribution in [3.05, 3.63) is 53.5 Å². The Morgan fingerprint density at radius 2 is 1.96 bits per heavy atom. The molecule has 0 atom stereocenters. The molecular weight excluding hydrogens is 310 g/mol. The minimum atomic E-state index is -1.03. The van der Waals surface area contributed by atoms with Crippen molar-refractivity contribution in [2.45, 2.75) is 26.3 Å². The van der Waals surface area contributed by atoms with Gasteiger partial charge in [-0.1, -0.05) is 18.2 Å². The van der Waals surface area contributed by atoms with Gasteiger partial charge in [-0.05, 0) is 31.5 Å². The van der Waals surface area contributed by atoms with E-state index in [9.17, 15) is 9.59 Å². The first-order valence-electron chi connectivity index (χ1n) is 7.72. The lowest BCUT2D eigenvalue weighted by molar-refractivity contribution is -0.130. The van der Waals surface area contributed by atoms with Crippen LogP contribution in [0.1, 0.15) is 34.7 Å². The normalized spacial score (nSPS) is 10.4. The quantitative estimate of drug-likeness (QED) is 0.752. The summed E-state index contributed by atoms with van der Waals surface area (Å²) in [6.07, 6.45) is 0.963. The molecule has 2 aromatic rings. The van der Waals surface area contributed by atoms with Gasteiger partial charge in [0.25, 0.3) is 0 Å². The third-order valence-electron chi connectivity index (χ3n) is 3.56. The monoisotopic (exact) mass is 331 g/mol. The number of carbonyl (C=O) groups excluding carboxylic acids is 1. The molecule has 6 heteroatoms. The van der Waals surface area contributed by atoms with Crippen molar-refractivity contribution >= 4 is 11.9 Å². The topological polar surface area (TPSA) is 80.0 Å². The van der Waals surface area contributed by atoms with Gasteiger partial charge in [0.05, 0.1) is 13.2 Å². The number of rotatable bonds is 8. The summed E-state index contributed by atoms with van der Waals surface area (Å²) in [4.78, 5) is 24.6. The van der Waals surface area contributed by atoms with Gasteiger partial charge in [0.15, 0.2) is 0 Å². The molecule has 0 bridgehead atoms. The second kappa shape index (κ2) is 8.19. The Morgan fingerprint density at radius 3 is 2.58 bits per heavy atom. The Labute approximate surface area is 140 Å². The maximum Gasteiger partial charge on any atom is 0.339 e. The van der Waals surface area contributed by atoms with Crippen LogP contribution in [0.25, 0.3) is 0 Å². The fourth-order valence-electron chi connectivity index (χ4n) is 2.28. The van der Waals surface area contributed by atoms with E-state index >= 15 is 0 Å². The second-order valence-corrected chi connectivity index (χ2v) is 5.50. The minimum Gasteiger partial charge on any atom is -0.494 e. The molecule has 1 aromatic carbocycles. The summed E-state index contributed by atoms with van der Waals surface area (Å²) >= 11 is 0. The largest absolute Gasteiger partial charge is 0.494 e. The van der Waals surface area contributed by atoms with Gasteiger partial charge in [-0.25, -0.2) is 4.79 Å². The fraction of sp³-hybridized carbons (Fsp3) is 0.333. The average molecular weight is 331 g/mol. The van der Waals surface area contributed by atoms with Crippen LogP contribution in [0.5, 0.6) is 5.75 Å². The van der Waals surface area contributed by atoms with Crippen LogP contribution in [0.3, 0.4) is 0 Å². The molecule has 1 aromatic heterocycles. The summed E-state index contributed by atoms with van der Waals surface area (Å²) in [6, 6.07) is 10.9. The molecule has 0 aliphatic heterocycles. The van der Waals surface area contributed by atoms with Crippen molar-refractivity contribution in [1.29, 1.82) is 0 Å². The van der Waals surface area contributed by atoms with E-state index in [0.29, 0.717) is 31.0 Å². The van der Waals surface area contributed by atoms with Gasteiger partial charge in [0, 0.05) is 13.5 Å². The fourth-order valence-corrected chi connectivity index (χ4v) is 2.28. The van der Waals surface area contributed by atoms with Crippen LogP contribution in [-0.2, 0) is 11.3 Å². The molecule has 1 heterocycles. The summed E-state index contributed by atoms with van der Waals surface area (Å²) in [5, 5.41) is 9.01. The van der Waals surface area contributed by atoms with E-state index in [-0.39, 0.29) is 18.0 Å². The molecule has 6 nitrogen and oxygen atoms in total. The van der Waals surface area contributed by atoms with E-state index in [1.807, 2.05) is 30.3 Å². The van der Waals surface area contributed by atoms with Crippen molar-refractivity contribution in [2.75, 3.05) is 13.7 Å². The minimum absolute atomic E-state index is 0.0439.